The number of nitrogens with zero attached hydrogens (tertiary/aromatic N) is 1. The van der Waals surface area contributed by atoms with Crippen molar-refractivity contribution in [2.75, 3.05) is 19.6 Å². The Morgan fingerprint density at radius 1 is 1.29 bits per heavy atom. The van der Waals surface area contributed by atoms with Crippen LogP contribution in [0.15, 0.2) is 18.2 Å². The number of aliphatic hydroxyl groups is 1. The van der Waals surface area contributed by atoms with Gasteiger partial charge in [-0.3, -0.25) is 0 Å². The van der Waals surface area contributed by atoms with Gasteiger partial charge in [-0.25, -0.2) is 0 Å². The molecule has 0 spiro atoms. The Hall–Kier alpha value is -0.280. The van der Waals surface area contributed by atoms with E-state index in [1.165, 1.54) is 19.3 Å². The van der Waals surface area contributed by atoms with E-state index in [1.54, 1.807) is 6.07 Å². The molecule has 0 amide bonds. The SMILES string of the molecule is CCC1(CC)CCN(CCC(O)c2cccc(Cl)c2Cl)C1. The molecule has 1 unspecified atom stereocenters. The molecule has 0 saturated carbocycles. The minimum absolute atomic E-state index is 0.476. The smallest absolute Gasteiger partial charge is 0.0817 e. The molecule has 4 heteroatoms. The van der Waals surface area contributed by atoms with Crippen LogP contribution >= 0.6 is 23.2 Å². The maximum Gasteiger partial charge on any atom is 0.0817 e. The lowest BCUT2D eigenvalue weighted by molar-refractivity contribution is 0.143. The van der Waals surface area contributed by atoms with Gasteiger partial charge in [-0.05, 0) is 43.7 Å². The molecule has 1 heterocycles. The van der Waals surface area contributed by atoms with Crippen LogP contribution in [-0.4, -0.2) is 29.6 Å². The maximum atomic E-state index is 10.4. The van der Waals surface area contributed by atoms with Gasteiger partial charge in [0.1, 0.15) is 0 Å². The zero-order chi connectivity index (χ0) is 15.5. The summed E-state index contributed by atoms with van der Waals surface area (Å²) in [4.78, 5) is 2.47. The maximum absolute atomic E-state index is 10.4. The van der Waals surface area contributed by atoms with Crippen molar-refractivity contribution in [3.8, 4) is 0 Å². The highest BCUT2D eigenvalue weighted by atomic mass is 35.5. The van der Waals surface area contributed by atoms with Gasteiger partial charge in [0.15, 0.2) is 0 Å². The summed E-state index contributed by atoms with van der Waals surface area (Å²) < 4.78 is 0. The Bertz CT molecular complexity index is 474. The van der Waals surface area contributed by atoms with Crippen molar-refractivity contribution in [1.82, 2.24) is 4.90 Å². The van der Waals surface area contributed by atoms with Crippen LogP contribution in [0.4, 0.5) is 0 Å². The van der Waals surface area contributed by atoms with E-state index in [1.807, 2.05) is 12.1 Å². The number of halogens is 2. The average molecular weight is 330 g/mol. The molecule has 0 aromatic heterocycles. The van der Waals surface area contributed by atoms with Crippen LogP contribution in [0.3, 0.4) is 0 Å². The minimum Gasteiger partial charge on any atom is -0.388 e. The van der Waals surface area contributed by atoms with Crippen molar-refractivity contribution in [2.24, 2.45) is 5.41 Å². The standard InChI is InChI=1S/C17H25Cl2NO/c1-3-17(4-2)9-11-20(12-17)10-8-15(21)13-6-5-7-14(18)16(13)19/h5-7,15,21H,3-4,8-12H2,1-2H3. The highest BCUT2D eigenvalue weighted by molar-refractivity contribution is 6.42. The lowest BCUT2D eigenvalue weighted by Crippen LogP contribution is -2.28. The average Bonchev–Trinajstić information content (AvgIpc) is 2.92. The molecule has 21 heavy (non-hydrogen) atoms. The van der Waals surface area contributed by atoms with Crippen LogP contribution in [0, 0.1) is 5.41 Å². The summed E-state index contributed by atoms with van der Waals surface area (Å²) in [6.45, 7) is 7.76. The number of hydrogen-bond donors (Lipinski definition) is 1. The van der Waals surface area contributed by atoms with Gasteiger partial charge in [-0.2, -0.15) is 0 Å². The van der Waals surface area contributed by atoms with Crippen LogP contribution in [0.25, 0.3) is 0 Å². The molecule has 0 bridgehead atoms. The molecule has 1 aliphatic heterocycles. The first-order valence-electron chi connectivity index (χ1n) is 7.85. The first-order valence-corrected chi connectivity index (χ1v) is 8.61. The highest BCUT2D eigenvalue weighted by Crippen LogP contribution is 2.37. The van der Waals surface area contributed by atoms with E-state index in [-0.39, 0.29) is 0 Å². The van der Waals surface area contributed by atoms with E-state index in [2.05, 4.69) is 18.7 Å². The van der Waals surface area contributed by atoms with Gasteiger partial charge in [0.2, 0.25) is 0 Å². The Morgan fingerprint density at radius 2 is 2.00 bits per heavy atom. The minimum atomic E-state index is -0.547. The fourth-order valence-corrected chi connectivity index (χ4v) is 3.72. The summed E-state index contributed by atoms with van der Waals surface area (Å²) in [7, 11) is 0. The fraction of sp³-hybridized carbons (Fsp3) is 0.647. The van der Waals surface area contributed by atoms with Crippen molar-refractivity contribution in [1.29, 1.82) is 0 Å². The second-order valence-corrected chi connectivity index (χ2v) is 6.97. The molecule has 118 valence electrons. The van der Waals surface area contributed by atoms with Gasteiger partial charge in [-0.15, -0.1) is 0 Å². The van der Waals surface area contributed by atoms with Crippen molar-refractivity contribution in [2.45, 2.75) is 45.6 Å². The monoisotopic (exact) mass is 329 g/mol. The van der Waals surface area contributed by atoms with E-state index in [0.717, 1.165) is 25.2 Å². The third-order valence-corrected chi connectivity index (χ3v) is 5.91. The molecule has 1 atom stereocenters. The molecule has 0 aliphatic carbocycles. The lowest BCUT2D eigenvalue weighted by atomic mass is 9.82. The van der Waals surface area contributed by atoms with E-state index in [9.17, 15) is 5.11 Å². The van der Waals surface area contributed by atoms with Gasteiger partial charge >= 0.3 is 0 Å². The van der Waals surface area contributed by atoms with E-state index < -0.39 is 6.10 Å². The number of likely N-dealkylation sites (tertiary alicyclic amines) is 1. The predicted octanol–water partition coefficient (Wildman–Crippen LogP) is 4.93. The van der Waals surface area contributed by atoms with Crippen LogP contribution in [0.2, 0.25) is 10.0 Å². The summed E-state index contributed by atoms with van der Waals surface area (Å²) in [5, 5.41) is 11.3. The summed E-state index contributed by atoms with van der Waals surface area (Å²) in [6, 6.07) is 5.44. The molecule has 2 nitrogen and oxygen atoms in total. The predicted molar refractivity (Wildman–Crippen MR) is 90.1 cm³/mol. The lowest BCUT2D eigenvalue weighted by Gasteiger charge is -2.27. The quantitative estimate of drug-likeness (QED) is 0.799. The number of benzene rings is 1. The van der Waals surface area contributed by atoms with Gasteiger partial charge in [0.05, 0.1) is 16.1 Å². The van der Waals surface area contributed by atoms with Crippen molar-refractivity contribution < 1.29 is 5.11 Å². The summed E-state index contributed by atoms with van der Waals surface area (Å²) in [6.07, 6.45) is 3.90. The third-order valence-electron chi connectivity index (χ3n) is 5.08. The molecule has 0 radical (unpaired) electrons. The Kier molecular flexibility index (Phi) is 5.96. The van der Waals surface area contributed by atoms with E-state index in [0.29, 0.717) is 21.9 Å². The normalized spacial score (nSPS) is 19.9. The number of rotatable bonds is 6. The summed E-state index contributed by atoms with van der Waals surface area (Å²) in [5.41, 5.74) is 1.22. The van der Waals surface area contributed by atoms with Crippen LogP contribution in [0.5, 0.6) is 0 Å². The third kappa shape index (κ3) is 3.92. The molecule has 1 fully saturated rings. The topological polar surface area (TPSA) is 23.5 Å². The van der Waals surface area contributed by atoms with Crippen molar-refractivity contribution in [3.63, 3.8) is 0 Å². The van der Waals surface area contributed by atoms with Gasteiger partial charge in [0, 0.05) is 18.7 Å². The van der Waals surface area contributed by atoms with Crippen molar-refractivity contribution >= 4 is 23.2 Å². The highest BCUT2D eigenvalue weighted by Gasteiger charge is 2.34. The molecule has 1 saturated heterocycles. The van der Waals surface area contributed by atoms with Crippen LogP contribution < -0.4 is 0 Å². The van der Waals surface area contributed by atoms with Gasteiger partial charge < -0.3 is 10.0 Å². The molecular formula is C17H25Cl2NO. The first-order chi connectivity index (χ1) is 10.0. The summed E-state index contributed by atoms with van der Waals surface area (Å²) >= 11 is 12.2. The zero-order valence-corrected chi connectivity index (χ0v) is 14.4. The van der Waals surface area contributed by atoms with Gasteiger partial charge in [-0.1, -0.05) is 49.2 Å². The number of hydrogen-bond acceptors (Lipinski definition) is 2. The molecule has 1 aromatic rings. The van der Waals surface area contributed by atoms with Crippen LogP contribution in [0.1, 0.15) is 51.2 Å². The zero-order valence-electron chi connectivity index (χ0n) is 12.9. The molecular weight excluding hydrogens is 305 g/mol. The largest absolute Gasteiger partial charge is 0.388 e. The molecule has 1 aliphatic rings. The fourth-order valence-electron chi connectivity index (χ4n) is 3.28. The Labute approximate surface area is 138 Å². The Morgan fingerprint density at radius 3 is 2.62 bits per heavy atom. The number of aliphatic hydroxyl groups excluding tert-OH is 1. The van der Waals surface area contributed by atoms with Gasteiger partial charge in [0.25, 0.3) is 0 Å². The second-order valence-electron chi connectivity index (χ2n) is 6.18. The molecule has 1 aromatic carbocycles. The molecule has 1 N–H and O–H groups in total. The molecule has 2 rings (SSSR count). The van der Waals surface area contributed by atoms with E-state index >= 15 is 0 Å². The second kappa shape index (κ2) is 7.32. The first kappa shape index (κ1) is 17.1. The van der Waals surface area contributed by atoms with Crippen LogP contribution in [-0.2, 0) is 0 Å². The summed E-state index contributed by atoms with van der Waals surface area (Å²) in [5.74, 6) is 0. The Balaban J connectivity index is 1.90. The van der Waals surface area contributed by atoms with E-state index in [4.69, 9.17) is 23.2 Å². The van der Waals surface area contributed by atoms with Crippen molar-refractivity contribution in [3.05, 3.63) is 33.8 Å².